The standard InChI is InChI=1S/C15H33N4P.C6H11NO5.C5H8O3/c1-13(2)17-9-16-7-8-19(15(5)6)20(11-17)12-18(10-16)14(3)4;8-6(3-7(9)10)4-11-1-2-12-5-6;6-5-3-7-1-2-8-4-5/h13-15H,7-12H2,1-6H3;8H,1-5H2;1-4H2. The molecule has 0 aromatic rings. The van der Waals surface area contributed by atoms with Gasteiger partial charge in [0.1, 0.15) is 13.2 Å². The Bertz CT molecular complexity index is 725. The minimum absolute atomic E-state index is 0.0301. The highest BCUT2D eigenvalue weighted by atomic mass is 31.1. The van der Waals surface area contributed by atoms with E-state index in [1.165, 1.54) is 25.7 Å². The van der Waals surface area contributed by atoms with Crippen LogP contribution in [0.2, 0.25) is 0 Å². The molecule has 0 aromatic carbocycles. The average Bonchev–Trinajstić information content (AvgIpc) is 3.19. The van der Waals surface area contributed by atoms with Crippen LogP contribution in [0.4, 0.5) is 0 Å². The van der Waals surface area contributed by atoms with Crippen molar-refractivity contribution >= 4 is 13.9 Å². The summed E-state index contributed by atoms with van der Waals surface area (Å²) in [5.74, 6) is 0.0301. The third-order valence-corrected chi connectivity index (χ3v) is 9.72. The third kappa shape index (κ3) is 13.0. The largest absolute Gasteiger partial charge is 0.379 e. The molecule has 0 saturated carbocycles. The van der Waals surface area contributed by atoms with Crippen LogP contribution in [0.3, 0.4) is 0 Å². The Morgan fingerprint density at radius 1 is 0.850 bits per heavy atom. The zero-order valence-corrected chi connectivity index (χ0v) is 26.2. The summed E-state index contributed by atoms with van der Waals surface area (Å²) in [6.07, 6.45) is 2.54. The van der Waals surface area contributed by atoms with E-state index >= 15 is 0 Å². The van der Waals surface area contributed by atoms with E-state index in [-0.39, 0.29) is 40.3 Å². The molecule has 0 aliphatic carbocycles. The summed E-state index contributed by atoms with van der Waals surface area (Å²) in [6, 6.07) is 1.97. The van der Waals surface area contributed by atoms with Crippen molar-refractivity contribution in [1.82, 2.24) is 19.4 Å². The highest BCUT2D eigenvalue weighted by Crippen LogP contribution is 2.45. The summed E-state index contributed by atoms with van der Waals surface area (Å²) in [5.41, 5.74) is -1.46. The molecule has 5 fully saturated rings. The molecule has 0 spiro atoms. The number of carbonyl (C=O) groups excluding carboxylic acids is 1. The first-order valence-corrected chi connectivity index (χ1v) is 16.0. The van der Waals surface area contributed by atoms with E-state index in [2.05, 4.69) is 60.9 Å². The van der Waals surface area contributed by atoms with Crippen molar-refractivity contribution in [3.63, 3.8) is 0 Å². The Hall–Kier alpha value is -0.860. The lowest BCUT2D eigenvalue weighted by Gasteiger charge is -2.50. The Kier molecular flexibility index (Phi) is 15.9. The van der Waals surface area contributed by atoms with Gasteiger partial charge in [-0.05, 0) is 49.6 Å². The molecule has 5 heterocycles. The molecule has 1 N–H and O–H groups in total. The van der Waals surface area contributed by atoms with Crippen LogP contribution in [-0.2, 0) is 23.7 Å². The molecule has 5 rings (SSSR count). The van der Waals surface area contributed by atoms with Crippen molar-refractivity contribution in [2.24, 2.45) is 0 Å². The first kappa shape index (κ1) is 35.3. The number of fused-ring (bicyclic) bond motifs is 6. The van der Waals surface area contributed by atoms with Gasteiger partial charge in [-0.2, -0.15) is 0 Å². The second kappa shape index (κ2) is 17.9. The van der Waals surface area contributed by atoms with E-state index in [9.17, 15) is 20.0 Å². The monoisotopic (exact) mass is 593 g/mol. The van der Waals surface area contributed by atoms with Crippen LogP contribution in [0.5, 0.6) is 0 Å². The Morgan fingerprint density at radius 2 is 1.32 bits per heavy atom. The number of nitro groups is 1. The molecule has 0 aromatic heterocycles. The van der Waals surface area contributed by atoms with Crippen molar-refractivity contribution in [3.8, 4) is 0 Å². The lowest BCUT2D eigenvalue weighted by atomic mass is 10.1. The number of aliphatic hydroxyl groups is 1. The molecular formula is C26H52N5O8P. The van der Waals surface area contributed by atoms with Crippen LogP contribution < -0.4 is 0 Å². The van der Waals surface area contributed by atoms with E-state index in [4.69, 9.17) is 18.9 Å². The first-order valence-electron chi connectivity index (χ1n) is 14.3. The highest BCUT2D eigenvalue weighted by Gasteiger charge is 2.36. The molecule has 2 bridgehead atoms. The fourth-order valence-electron chi connectivity index (χ4n) is 4.59. The van der Waals surface area contributed by atoms with Gasteiger partial charge in [0.15, 0.2) is 11.4 Å². The van der Waals surface area contributed by atoms with Gasteiger partial charge in [-0.3, -0.25) is 34.3 Å². The van der Waals surface area contributed by atoms with Crippen LogP contribution in [-0.4, -0.2) is 157 Å². The predicted octanol–water partition coefficient (Wildman–Crippen LogP) is 1.32. The van der Waals surface area contributed by atoms with Crippen molar-refractivity contribution in [2.75, 3.05) is 98.4 Å². The molecule has 13 nitrogen and oxygen atoms in total. The van der Waals surface area contributed by atoms with Gasteiger partial charge in [-0.1, -0.05) is 0 Å². The van der Waals surface area contributed by atoms with Crippen LogP contribution >= 0.6 is 8.07 Å². The number of hydrogen-bond donors (Lipinski definition) is 1. The quantitative estimate of drug-likeness (QED) is 0.280. The molecule has 0 unspecified atom stereocenters. The van der Waals surface area contributed by atoms with Gasteiger partial charge >= 0.3 is 0 Å². The van der Waals surface area contributed by atoms with E-state index in [0.29, 0.717) is 44.6 Å². The maximum atomic E-state index is 10.4. The molecule has 40 heavy (non-hydrogen) atoms. The van der Waals surface area contributed by atoms with E-state index in [0.717, 1.165) is 13.3 Å². The van der Waals surface area contributed by atoms with E-state index in [1.54, 1.807) is 0 Å². The molecule has 0 atom stereocenters. The molecule has 5 aliphatic rings. The molecule has 5 saturated heterocycles. The number of rotatable bonds is 5. The summed E-state index contributed by atoms with van der Waals surface area (Å²) in [5, 5.41) is 19.6. The molecule has 5 aliphatic heterocycles. The van der Waals surface area contributed by atoms with Crippen LogP contribution in [0.1, 0.15) is 41.5 Å². The Balaban J connectivity index is 0.000000236. The number of ketones is 1. The molecular weight excluding hydrogens is 541 g/mol. The SMILES string of the molecule is CC(C)N1CN2CCN(C(C)C)P(C1)CN(C(C)C)C2.O=C1COCCOC1.O=[N+]([O-])CC1(O)COCCOC1. The average molecular weight is 594 g/mol. The van der Waals surface area contributed by atoms with Gasteiger partial charge in [0.25, 0.3) is 0 Å². The van der Waals surface area contributed by atoms with Gasteiger partial charge in [0, 0.05) is 48.7 Å². The zero-order valence-electron chi connectivity index (χ0n) is 25.3. The van der Waals surface area contributed by atoms with E-state index in [1.807, 2.05) is 0 Å². The summed E-state index contributed by atoms with van der Waals surface area (Å²) in [4.78, 5) is 28.0. The lowest BCUT2D eigenvalue weighted by molar-refractivity contribution is -0.502. The smallest absolute Gasteiger partial charge is 0.236 e. The number of ether oxygens (including phenoxy) is 4. The number of hydrogen-bond acceptors (Lipinski definition) is 12. The zero-order chi connectivity index (χ0) is 29.7. The number of carbonyl (C=O) groups is 1. The van der Waals surface area contributed by atoms with Crippen molar-refractivity contribution in [3.05, 3.63) is 10.1 Å². The number of Topliss-reactive ketones (excluding diaryl/α,β-unsaturated/α-hetero) is 1. The normalized spacial score (nSPS) is 27.0. The van der Waals surface area contributed by atoms with Crippen LogP contribution in [0.25, 0.3) is 0 Å². The van der Waals surface area contributed by atoms with Crippen LogP contribution in [0.15, 0.2) is 0 Å². The van der Waals surface area contributed by atoms with Crippen molar-refractivity contribution in [1.29, 1.82) is 0 Å². The molecule has 0 radical (unpaired) electrons. The molecule has 234 valence electrons. The topological polar surface area (TPSA) is 130 Å². The minimum Gasteiger partial charge on any atom is -0.379 e. The summed E-state index contributed by atoms with van der Waals surface area (Å²) in [7, 11) is -0.0655. The van der Waals surface area contributed by atoms with Crippen LogP contribution in [0, 0.1) is 10.1 Å². The Labute approximate surface area is 241 Å². The van der Waals surface area contributed by atoms with E-state index < -0.39 is 17.1 Å². The Morgan fingerprint density at radius 3 is 1.75 bits per heavy atom. The number of nitrogens with zero attached hydrogens (tertiary/aromatic N) is 5. The first-order chi connectivity index (χ1) is 18.9. The third-order valence-electron chi connectivity index (χ3n) is 6.95. The van der Waals surface area contributed by atoms with Gasteiger partial charge in [0.05, 0.1) is 53.0 Å². The fourth-order valence-corrected chi connectivity index (χ4v) is 7.70. The molecule has 14 heteroatoms. The minimum atomic E-state index is -1.46. The maximum Gasteiger partial charge on any atom is 0.236 e. The maximum absolute atomic E-state index is 10.4. The van der Waals surface area contributed by atoms with Gasteiger partial charge < -0.3 is 24.1 Å². The predicted molar refractivity (Wildman–Crippen MR) is 154 cm³/mol. The van der Waals surface area contributed by atoms with Gasteiger partial charge in [0.2, 0.25) is 6.54 Å². The van der Waals surface area contributed by atoms with Gasteiger partial charge in [-0.25, -0.2) is 0 Å². The van der Waals surface area contributed by atoms with Crippen molar-refractivity contribution in [2.45, 2.75) is 65.3 Å². The fraction of sp³-hybridized carbons (Fsp3) is 0.962. The lowest BCUT2D eigenvalue weighted by Crippen LogP contribution is -2.56. The molecule has 0 amide bonds. The summed E-state index contributed by atoms with van der Waals surface area (Å²) in [6.45, 7) is 20.5. The summed E-state index contributed by atoms with van der Waals surface area (Å²) >= 11 is 0. The van der Waals surface area contributed by atoms with Crippen molar-refractivity contribution < 1.29 is 33.8 Å². The highest BCUT2D eigenvalue weighted by molar-refractivity contribution is 7.55. The summed E-state index contributed by atoms with van der Waals surface area (Å²) < 4.78 is 22.3. The van der Waals surface area contributed by atoms with Gasteiger partial charge in [-0.15, -0.1) is 0 Å². The second-order valence-electron chi connectivity index (χ2n) is 11.6. The second-order valence-corrected chi connectivity index (χ2v) is 13.6.